The number of ether oxygens (including phenoxy) is 3. The number of carbonyl (C=O) groups excluding carboxylic acids is 1. The molecule has 0 radical (unpaired) electrons. The van der Waals surface area contributed by atoms with E-state index < -0.39 is 22.5 Å². The summed E-state index contributed by atoms with van der Waals surface area (Å²) >= 11 is 0. The fourth-order valence-corrected chi connectivity index (χ4v) is 2.19. The van der Waals surface area contributed by atoms with E-state index in [-0.39, 0.29) is 19.5 Å². The highest BCUT2D eigenvalue weighted by Crippen LogP contribution is 1.99. The van der Waals surface area contributed by atoms with Gasteiger partial charge in [0.25, 0.3) is 10.2 Å². The summed E-state index contributed by atoms with van der Waals surface area (Å²) in [4.78, 5) is 11.0. The molecule has 0 aromatic heterocycles. The standard InChI is InChI=1S/C11H24N2O6S/c1-5-18-11(19-6-2)9-12-20(15,16)13(3)8-7-10(14)17-4/h11-12H,5-9H2,1-4H3. The number of methoxy groups -OCH3 is 1. The van der Waals surface area contributed by atoms with E-state index >= 15 is 0 Å². The molecule has 0 aliphatic heterocycles. The molecule has 9 heteroatoms. The molecule has 0 fully saturated rings. The Morgan fingerprint density at radius 3 is 2.25 bits per heavy atom. The molecule has 0 aliphatic carbocycles. The third-order valence-corrected chi connectivity index (χ3v) is 3.94. The summed E-state index contributed by atoms with van der Waals surface area (Å²) in [5.41, 5.74) is 0. The van der Waals surface area contributed by atoms with Crippen molar-refractivity contribution in [2.75, 3.05) is 40.5 Å². The summed E-state index contributed by atoms with van der Waals surface area (Å²) in [6.45, 7) is 4.48. The number of carbonyl (C=O) groups is 1. The monoisotopic (exact) mass is 312 g/mol. The molecule has 0 heterocycles. The zero-order valence-electron chi connectivity index (χ0n) is 12.4. The van der Waals surface area contributed by atoms with Crippen LogP contribution in [0.2, 0.25) is 0 Å². The molecule has 0 amide bonds. The number of nitrogens with zero attached hydrogens (tertiary/aromatic N) is 1. The van der Waals surface area contributed by atoms with Gasteiger partial charge in [-0.2, -0.15) is 17.4 Å². The SMILES string of the molecule is CCOC(CNS(=O)(=O)N(C)CCC(=O)OC)OCC. The number of esters is 1. The number of nitrogens with one attached hydrogen (secondary N) is 1. The summed E-state index contributed by atoms with van der Waals surface area (Å²) in [5, 5.41) is 0. The molecule has 8 nitrogen and oxygen atoms in total. The highest BCUT2D eigenvalue weighted by Gasteiger charge is 2.20. The zero-order chi connectivity index (χ0) is 15.6. The zero-order valence-corrected chi connectivity index (χ0v) is 13.2. The number of rotatable bonds is 11. The second-order valence-electron chi connectivity index (χ2n) is 3.84. The van der Waals surface area contributed by atoms with Gasteiger partial charge >= 0.3 is 5.97 Å². The maximum Gasteiger partial charge on any atom is 0.306 e. The van der Waals surface area contributed by atoms with E-state index in [0.29, 0.717) is 13.2 Å². The molecule has 0 atom stereocenters. The van der Waals surface area contributed by atoms with Crippen LogP contribution in [0.5, 0.6) is 0 Å². The molecule has 0 bridgehead atoms. The Kier molecular flexibility index (Phi) is 9.68. The van der Waals surface area contributed by atoms with Crippen LogP contribution in [0.3, 0.4) is 0 Å². The molecule has 0 spiro atoms. The van der Waals surface area contributed by atoms with Crippen molar-refractivity contribution in [1.29, 1.82) is 0 Å². The minimum absolute atomic E-state index is 0.00570. The van der Waals surface area contributed by atoms with Gasteiger partial charge in [0.2, 0.25) is 0 Å². The summed E-state index contributed by atoms with van der Waals surface area (Å²) in [6.07, 6.45) is -0.636. The van der Waals surface area contributed by atoms with Gasteiger partial charge in [0, 0.05) is 26.8 Å². The first-order valence-electron chi connectivity index (χ1n) is 6.38. The summed E-state index contributed by atoms with van der Waals surface area (Å²) in [7, 11) is -1.05. The molecule has 0 aliphatic rings. The predicted octanol–water partition coefficient (Wildman–Crippen LogP) is -0.285. The lowest BCUT2D eigenvalue weighted by molar-refractivity contribution is -0.140. The largest absolute Gasteiger partial charge is 0.469 e. The maximum absolute atomic E-state index is 11.9. The third kappa shape index (κ3) is 7.75. The van der Waals surface area contributed by atoms with E-state index in [1.807, 2.05) is 0 Å². The van der Waals surface area contributed by atoms with E-state index in [1.165, 1.54) is 14.2 Å². The lowest BCUT2D eigenvalue weighted by Gasteiger charge is -2.21. The van der Waals surface area contributed by atoms with Gasteiger partial charge in [0.1, 0.15) is 0 Å². The van der Waals surface area contributed by atoms with Crippen LogP contribution in [-0.4, -0.2) is 65.4 Å². The Morgan fingerprint density at radius 2 is 1.80 bits per heavy atom. The molecule has 0 saturated carbocycles. The normalized spacial score (nSPS) is 12.1. The molecule has 20 heavy (non-hydrogen) atoms. The Labute approximate surface area is 120 Å². The fraction of sp³-hybridized carbons (Fsp3) is 0.909. The second kappa shape index (κ2) is 10.1. The maximum atomic E-state index is 11.9. The van der Waals surface area contributed by atoms with Crippen molar-refractivity contribution in [3.63, 3.8) is 0 Å². The molecular formula is C11H24N2O6S. The van der Waals surface area contributed by atoms with Gasteiger partial charge in [-0.05, 0) is 13.8 Å². The topological polar surface area (TPSA) is 94.2 Å². The van der Waals surface area contributed by atoms with Crippen LogP contribution < -0.4 is 4.72 Å². The minimum atomic E-state index is -3.68. The van der Waals surface area contributed by atoms with Crippen molar-refractivity contribution >= 4 is 16.2 Å². The molecule has 0 aromatic carbocycles. The van der Waals surface area contributed by atoms with Crippen molar-refractivity contribution in [2.24, 2.45) is 0 Å². The van der Waals surface area contributed by atoms with E-state index in [1.54, 1.807) is 13.8 Å². The highest BCUT2D eigenvalue weighted by atomic mass is 32.2. The average Bonchev–Trinajstić information content (AvgIpc) is 2.42. The lowest BCUT2D eigenvalue weighted by Crippen LogP contribution is -2.43. The molecule has 0 saturated heterocycles. The van der Waals surface area contributed by atoms with Gasteiger partial charge in [-0.1, -0.05) is 0 Å². The van der Waals surface area contributed by atoms with E-state index in [9.17, 15) is 13.2 Å². The van der Waals surface area contributed by atoms with Gasteiger partial charge in [-0.25, -0.2) is 0 Å². The van der Waals surface area contributed by atoms with Crippen LogP contribution in [-0.2, 0) is 29.2 Å². The first-order valence-corrected chi connectivity index (χ1v) is 7.82. The van der Waals surface area contributed by atoms with Crippen LogP contribution in [0.1, 0.15) is 20.3 Å². The van der Waals surface area contributed by atoms with Crippen LogP contribution >= 0.6 is 0 Å². The van der Waals surface area contributed by atoms with Crippen molar-refractivity contribution in [1.82, 2.24) is 9.03 Å². The third-order valence-electron chi connectivity index (χ3n) is 2.41. The average molecular weight is 312 g/mol. The van der Waals surface area contributed by atoms with E-state index in [2.05, 4.69) is 9.46 Å². The summed E-state index contributed by atoms with van der Waals surface area (Å²) < 4.78 is 42.1. The van der Waals surface area contributed by atoms with Gasteiger partial charge in [0.05, 0.1) is 20.1 Å². The molecule has 120 valence electrons. The van der Waals surface area contributed by atoms with Crippen molar-refractivity contribution in [3.8, 4) is 0 Å². The fourth-order valence-electron chi connectivity index (χ4n) is 1.29. The first kappa shape index (κ1) is 19.3. The molecule has 0 aromatic rings. The minimum Gasteiger partial charge on any atom is -0.469 e. The molecular weight excluding hydrogens is 288 g/mol. The van der Waals surface area contributed by atoms with Crippen LogP contribution in [0.25, 0.3) is 0 Å². The quantitative estimate of drug-likeness (QED) is 0.416. The van der Waals surface area contributed by atoms with E-state index in [0.717, 1.165) is 4.31 Å². The second-order valence-corrected chi connectivity index (χ2v) is 5.70. The van der Waals surface area contributed by atoms with Gasteiger partial charge in [-0.3, -0.25) is 4.79 Å². The van der Waals surface area contributed by atoms with Crippen molar-refractivity contribution in [3.05, 3.63) is 0 Å². The number of hydrogen-bond donors (Lipinski definition) is 1. The van der Waals surface area contributed by atoms with Gasteiger partial charge < -0.3 is 14.2 Å². The van der Waals surface area contributed by atoms with Crippen LogP contribution in [0, 0.1) is 0 Å². The van der Waals surface area contributed by atoms with Gasteiger partial charge in [-0.15, -0.1) is 0 Å². The smallest absolute Gasteiger partial charge is 0.306 e. The van der Waals surface area contributed by atoms with Crippen LogP contribution in [0.15, 0.2) is 0 Å². The van der Waals surface area contributed by atoms with Crippen molar-refractivity contribution < 1.29 is 27.4 Å². The molecule has 0 rings (SSSR count). The Morgan fingerprint density at radius 1 is 1.25 bits per heavy atom. The predicted molar refractivity (Wildman–Crippen MR) is 73.2 cm³/mol. The summed E-state index contributed by atoms with van der Waals surface area (Å²) in [6, 6.07) is 0. The molecule has 1 N–H and O–H groups in total. The Bertz CT molecular complexity index is 367. The number of hydrogen-bond acceptors (Lipinski definition) is 6. The van der Waals surface area contributed by atoms with Crippen molar-refractivity contribution in [2.45, 2.75) is 26.6 Å². The van der Waals surface area contributed by atoms with Gasteiger partial charge in [0.15, 0.2) is 6.29 Å². The molecule has 0 unspecified atom stereocenters. The highest BCUT2D eigenvalue weighted by molar-refractivity contribution is 7.87. The summed E-state index contributed by atoms with van der Waals surface area (Å²) in [5.74, 6) is -0.464. The first-order chi connectivity index (χ1) is 9.37. The lowest BCUT2D eigenvalue weighted by atomic mass is 10.4. The van der Waals surface area contributed by atoms with Crippen LogP contribution in [0.4, 0.5) is 0 Å². The Hall–Kier alpha value is -0.740. The Balaban J connectivity index is 4.30. The van der Waals surface area contributed by atoms with E-state index in [4.69, 9.17) is 9.47 Å².